The third-order valence-corrected chi connectivity index (χ3v) is 4.70. The maximum Gasteiger partial charge on any atom is 0.135 e. The van der Waals surface area contributed by atoms with Gasteiger partial charge in [-0.1, -0.05) is 15.9 Å². The summed E-state index contributed by atoms with van der Waals surface area (Å²) >= 11 is 7.03. The Morgan fingerprint density at radius 1 is 1.19 bits per heavy atom. The average molecular weight is 415 g/mol. The molecule has 1 atom stereocenters. The second-order valence-corrected chi connectivity index (χ2v) is 6.93. The summed E-state index contributed by atoms with van der Waals surface area (Å²) in [5.74, 6) is 1.82. The van der Waals surface area contributed by atoms with Crippen molar-refractivity contribution in [3.05, 3.63) is 45.0 Å². The average Bonchev–Trinajstić information content (AvgIpc) is 3.10. The number of furan rings is 1. The highest BCUT2D eigenvalue weighted by Crippen LogP contribution is 2.31. The highest BCUT2D eigenvalue weighted by Gasteiger charge is 2.15. The molecule has 112 valence electrons. The zero-order valence-electron chi connectivity index (χ0n) is 11.6. The van der Waals surface area contributed by atoms with Gasteiger partial charge in [0.1, 0.15) is 11.5 Å². The molecular weight excluding hydrogens is 398 g/mol. The molecule has 1 unspecified atom stereocenters. The van der Waals surface area contributed by atoms with Crippen LogP contribution in [0.2, 0.25) is 0 Å². The van der Waals surface area contributed by atoms with Crippen LogP contribution in [0.5, 0.6) is 0 Å². The summed E-state index contributed by atoms with van der Waals surface area (Å²) < 4.78 is 13.6. The molecule has 1 aromatic carbocycles. The Kier molecular flexibility index (Phi) is 5.16. The van der Waals surface area contributed by atoms with Gasteiger partial charge < -0.3 is 14.5 Å². The van der Waals surface area contributed by atoms with E-state index < -0.39 is 0 Å². The quantitative estimate of drug-likeness (QED) is 0.767. The van der Waals surface area contributed by atoms with Crippen LogP contribution in [0.15, 0.2) is 43.7 Å². The van der Waals surface area contributed by atoms with Gasteiger partial charge in [0.05, 0.1) is 12.6 Å². The van der Waals surface area contributed by atoms with Crippen LogP contribution < -0.4 is 5.32 Å². The SMILES string of the molecule is Brc1ccc(-c2ccc(CNCC3CCCO3)o2)c(Br)c1. The Bertz CT molecular complexity index is 606. The number of hydrogen-bond acceptors (Lipinski definition) is 3. The minimum absolute atomic E-state index is 0.361. The van der Waals surface area contributed by atoms with Gasteiger partial charge in [0.2, 0.25) is 0 Å². The van der Waals surface area contributed by atoms with E-state index in [1.54, 1.807) is 0 Å². The molecule has 21 heavy (non-hydrogen) atoms. The molecule has 0 amide bonds. The molecule has 0 aliphatic carbocycles. The molecule has 1 aliphatic rings. The Morgan fingerprint density at radius 2 is 2.10 bits per heavy atom. The molecule has 1 aliphatic heterocycles. The molecule has 0 radical (unpaired) electrons. The third-order valence-electron chi connectivity index (χ3n) is 3.55. The summed E-state index contributed by atoms with van der Waals surface area (Å²) in [6.07, 6.45) is 2.69. The standard InChI is InChI=1S/C16H17Br2NO2/c17-11-3-5-14(15(18)8-11)16-6-4-13(21-16)10-19-9-12-2-1-7-20-12/h3-6,8,12,19H,1-2,7,9-10H2. The van der Waals surface area contributed by atoms with Crippen molar-refractivity contribution in [2.75, 3.05) is 13.2 Å². The van der Waals surface area contributed by atoms with Crippen molar-refractivity contribution in [3.63, 3.8) is 0 Å². The summed E-state index contributed by atoms with van der Waals surface area (Å²) in [6, 6.07) is 10.1. The molecule has 3 rings (SSSR count). The van der Waals surface area contributed by atoms with E-state index in [-0.39, 0.29) is 0 Å². The van der Waals surface area contributed by atoms with Gasteiger partial charge in [-0.2, -0.15) is 0 Å². The van der Waals surface area contributed by atoms with Gasteiger partial charge in [-0.15, -0.1) is 0 Å². The molecule has 1 saturated heterocycles. The molecule has 1 N–H and O–H groups in total. The van der Waals surface area contributed by atoms with Gasteiger partial charge in [-0.05, 0) is 59.1 Å². The molecular formula is C16H17Br2NO2. The topological polar surface area (TPSA) is 34.4 Å². The Hall–Kier alpha value is -0.620. The van der Waals surface area contributed by atoms with E-state index in [4.69, 9.17) is 9.15 Å². The second kappa shape index (κ2) is 7.09. The van der Waals surface area contributed by atoms with Crippen LogP contribution in [0.4, 0.5) is 0 Å². The van der Waals surface area contributed by atoms with Crippen molar-refractivity contribution in [2.24, 2.45) is 0 Å². The first-order chi connectivity index (χ1) is 10.2. The van der Waals surface area contributed by atoms with Gasteiger partial charge in [-0.3, -0.25) is 0 Å². The lowest BCUT2D eigenvalue weighted by Gasteiger charge is -2.09. The summed E-state index contributed by atoms with van der Waals surface area (Å²) in [4.78, 5) is 0. The molecule has 0 bridgehead atoms. The second-order valence-electron chi connectivity index (χ2n) is 5.16. The van der Waals surface area contributed by atoms with E-state index >= 15 is 0 Å². The summed E-state index contributed by atoms with van der Waals surface area (Å²) in [5, 5.41) is 3.39. The minimum atomic E-state index is 0.361. The Balaban J connectivity index is 1.60. The first-order valence-electron chi connectivity index (χ1n) is 7.09. The van der Waals surface area contributed by atoms with Crippen LogP contribution in [0, 0.1) is 0 Å². The lowest BCUT2D eigenvalue weighted by molar-refractivity contribution is 0.109. The van der Waals surface area contributed by atoms with Gasteiger partial charge in [0, 0.05) is 27.7 Å². The van der Waals surface area contributed by atoms with Crippen LogP contribution in [-0.4, -0.2) is 19.3 Å². The van der Waals surface area contributed by atoms with E-state index in [2.05, 4.69) is 37.2 Å². The molecule has 1 aromatic heterocycles. The van der Waals surface area contributed by atoms with Gasteiger partial charge >= 0.3 is 0 Å². The highest BCUT2D eigenvalue weighted by atomic mass is 79.9. The van der Waals surface area contributed by atoms with Gasteiger partial charge in [0.15, 0.2) is 0 Å². The van der Waals surface area contributed by atoms with Crippen molar-refractivity contribution in [1.29, 1.82) is 0 Å². The summed E-state index contributed by atoms with van der Waals surface area (Å²) in [7, 11) is 0. The van der Waals surface area contributed by atoms with E-state index in [9.17, 15) is 0 Å². The predicted octanol–water partition coefficient (Wildman–Crippen LogP) is 4.74. The minimum Gasteiger partial charge on any atom is -0.460 e. The Labute approximate surface area is 141 Å². The maximum atomic E-state index is 5.91. The molecule has 1 fully saturated rings. The normalized spacial score (nSPS) is 18.3. The van der Waals surface area contributed by atoms with E-state index in [0.717, 1.165) is 52.1 Å². The van der Waals surface area contributed by atoms with Crippen molar-refractivity contribution in [1.82, 2.24) is 5.32 Å². The largest absolute Gasteiger partial charge is 0.460 e. The number of ether oxygens (including phenoxy) is 1. The first-order valence-corrected chi connectivity index (χ1v) is 8.67. The monoisotopic (exact) mass is 413 g/mol. The van der Waals surface area contributed by atoms with Crippen LogP contribution in [0.25, 0.3) is 11.3 Å². The predicted molar refractivity (Wildman–Crippen MR) is 90.2 cm³/mol. The lowest BCUT2D eigenvalue weighted by atomic mass is 10.2. The van der Waals surface area contributed by atoms with Crippen LogP contribution in [0.1, 0.15) is 18.6 Å². The van der Waals surface area contributed by atoms with E-state index in [1.165, 1.54) is 6.42 Å². The van der Waals surface area contributed by atoms with Crippen LogP contribution in [-0.2, 0) is 11.3 Å². The van der Waals surface area contributed by atoms with Crippen molar-refractivity contribution in [3.8, 4) is 11.3 Å². The summed E-state index contributed by atoms with van der Waals surface area (Å²) in [5.41, 5.74) is 1.06. The molecule has 3 nitrogen and oxygen atoms in total. The smallest absolute Gasteiger partial charge is 0.135 e. The van der Waals surface area contributed by atoms with Crippen LogP contribution >= 0.6 is 31.9 Å². The van der Waals surface area contributed by atoms with E-state index in [1.807, 2.05) is 30.3 Å². The van der Waals surface area contributed by atoms with Gasteiger partial charge in [-0.25, -0.2) is 0 Å². The molecule has 2 aromatic rings. The zero-order valence-corrected chi connectivity index (χ0v) is 14.7. The van der Waals surface area contributed by atoms with Gasteiger partial charge in [0.25, 0.3) is 0 Å². The van der Waals surface area contributed by atoms with Crippen molar-refractivity contribution in [2.45, 2.75) is 25.5 Å². The van der Waals surface area contributed by atoms with Crippen molar-refractivity contribution >= 4 is 31.9 Å². The first kappa shape index (κ1) is 15.3. The number of benzene rings is 1. The Morgan fingerprint density at radius 3 is 2.86 bits per heavy atom. The molecule has 2 heterocycles. The highest BCUT2D eigenvalue weighted by molar-refractivity contribution is 9.11. The van der Waals surface area contributed by atoms with Crippen LogP contribution in [0.3, 0.4) is 0 Å². The fourth-order valence-electron chi connectivity index (χ4n) is 2.47. The fraction of sp³-hybridized carbons (Fsp3) is 0.375. The van der Waals surface area contributed by atoms with Crippen molar-refractivity contribution < 1.29 is 9.15 Å². The number of halogens is 2. The molecule has 5 heteroatoms. The maximum absolute atomic E-state index is 5.91. The van der Waals surface area contributed by atoms with E-state index in [0.29, 0.717) is 6.10 Å². The lowest BCUT2D eigenvalue weighted by Crippen LogP contribution is -2.25. The fourth-order valence-corrected chi connectivity index (χ4v) is 3.71. The zero-order chi connectivity index (χ0) is 14.7. The molecule has 0 saturated carbocycles. The molecule has 0 spiro atoms. The number of nitrogens with one attached hydrogen (secondary N) is 1. The third kappa shape index (κ3) is 3.97. The number of rotatable bonds is 5. The summed E-state index contributed by atoms with van der Waals surface area (Å²) in [6.45, 7) is 2.51. The number of hydrogen-bond donors (Lipinski definition) is 1.